The first-order chi connectivity index (χ1) is 8.57. The minimum atomic E-state index is -1.75. The predicted molar refractivity (Wildman–Crippen MR) is 51.3 cm³/mol. The highest BCUT2D eigenvalue weighted by Gasteiger charge is 1.63. The lowest BCUT2D eigenvalue weighted by atomic mass is 10.6. The van der Waals surface area contributed by atoms with Crippen LogP contribution in [-0.4, -0.2) is 34.0 Å². The lowest BCUT2D eigenvalue weighted by molar-refractivity contribution is -0.167. The molecule has 0 aromatic rings. The van der Waals surface area contributed by atoms with E-state index in [2.05, 4.69) is 9.88 Å². The molecule has 0 aromatic heterocycles. The second kappa shape index (κ2) is 71.3. The van der Waals surface area contributed by atoms with Crippen molar-refractivity contribution in [2.45, 2.75) is 20.3 Å². The zero-order chi connectivity index (χ0) is 15.7. The predicted octanol–water partition coefficient (Wildman–Crippen LogP) is 4.85. The number of hydrogen-bond acceptors (Lipinski definition) is 2. The summed E-state index contributed by atoms with van der Waals surface area (Å²) >= 11 is 0. The van der Waals surface area contributed by atoms with Crippen LogP contribution in [0.15, 0.2) is 0 Å². The van der Waals surface area contributed by atoms with Crippen molar-refractivity contribution in [3.05, 3.63) is 0 Å². The van der Waals surface area contributed by atoms with Crippen LogP contribution in [0.3, 0.4) is 0 Å². The standard InChI is InChI=1S/C3H7F.C2H5F.2CH2F2O.CH2F2/c1-2-3-4;1-2-3;2*2-1-4-3;2-1-3/h2-3H2,1H3;2H2,1H3;2*1H2;1H2. The molecular formula is C8H18F8O2. The first-order valence-corrected chi connectivity index (χ1v) is 4.40. The summed E-state index contributed by atoms with van der Waals surface area (Å²) in [6.45, 7) is -1.61. The Balaban J connectivity index is -0.0000000394. The summed E-state index contributed by atoms with van der Waals surface area (Å²) in [6.07, 6.45) is 0.653. The average molecular weight is 298 g/mol. The monoisotopic (exact) mass is 298 g/mol. The van der Waals surface area contributed by atoms with Crippen molar-refractivity contribution in [3.8, 4) is 0 Å². The maximum Gasteiger partial charge on any atom is 0.229 e. The maximum atomic E-state index is 10.7. The van der Waals surface area contributed by atoms with Crippen LogP contribution in [0.4, 0.5) is 35.4 Å². The Morgan fingerprint density at radius 1 is 0.722 bits per heavy atom. The smallest absolute Gasteiger partial charge is 0.229 e. The molecule has 10 heteroatoms. The Hall–Kier alpha value is -0.640. The molecule has 0 spiro atoms. The fourth-order valence-corrected chi connectivity index (χ4v) is 0. The van der Waals surface area contributed by atoms with Crippen LogP contribution >= 0.6 is 0 Å². The van der Waals surface area contributed by atoms with Gasteiger partial charge in [-0.05, 0) is 22.4 Å². The number of hydrogen-bond donors (Lipinski definition) is 0. The van der Waals surface area contributed by atoms with Crippen LogP contribution in [0.2, 0.25) is 0 Å². The van der Waals surface area contributed by atoms with Crippen molar-refractivity contribution in [3.63, 3.8) is 0 Å². The minimum absolute atomic E-state index is 0.181. The number of halogens is 8. The fourth-order valence-electron chi connectivity index (χ4n) is 0. The molecule has 0 saturated carbocycles. The maximum absolute atomic E-state index is 10.7. The molecule has 0 aliphatic heterocycles. The Morgan fingerprint density at radius 2 is 0.833 bits per heavy atom. The largest absolute Gasteiger partial charge is 0.251 e. The molecule has 0 amide bonds. The zero-order valence-electron chi connectivity index (χ0n) is 10.1. The van der Waals surface area contributed by atoms with Crippen molar-refractivity contribution in [1.82, 2.24) is 0 Å². The molecule has 118 valence electrons. The van der Waals surface area contributed by atoms with Crippen molar-refractivity contribution < 1.29 is 45.3 Å². The summed E-state index contributed by atoms with van der Waals surface area (Å²) in [5.41, 5.74) is 0. The summed E-state index contributed by atoms with van der Waals surface area (Å²) < 4.78 is 80.2. The molecule has 0 rings (SSSR count). The molecule has 0 unspecified atom stereocenters. The van der Waals surface area contributed by atoms with Crippen molar-refractivity contribution in [1.29, 1.82) is 0 Å². The molecule has 2 nitrogen and oxygen atoms in total. The third-order valence-corrected chi connectivity index (χ3v) is 0.271. The van der Waals surface area contributed by atoms with Gasteiger partial charge in [-0.2, -0.15) is 9.88 Å². The van der Waals surface area contributed by atoms with E-state index in [1.165, 1.54) is 6.92 Å². The van der Waals surface area contributed by atoms with Crippen LogP contribution in [0.1, 0.15) is 20.3 Å². The first kappa shape index (κ1) is 30.4. The first-order valence-electron chi connectivity index (χ1n) is 4.40. The van der Waals surface area contributed by atoms with Crippen LogP contribution in [0.5, 0.6) is 0 Å². The van der Waals surface area contributed by atoms with Crippen molar-refractivity contribution in [2.75, 3.05) is 34.0 Å². The van der Waals surface area contributed by atoms with Gasteiger partial charge in [-0.3, -0.25) is 8.78 Å². The van der Waals surface area contributed by atoms with E-state index < -0.39 is 20.6 Å². The summed E-state index contributed by atoms with van der Waals surface area (Å²) in [6, 6.07) is 0. The Kier molecular flexibility index (Phi) is 120. The highest BCUT2D eigenvalue weighted by molar-refractivity contribution is 4.11. The number of rotatable bonds is 3. The van der Waals surface area contributed by atoms with Gasteiger partial charge in [0, 0.05) is 0 Å². The molecule has 0 N–H and O–H groups in total. The van der Waals surface area contributed by atoms with Crippen LogP contribution in [0, 0.1) is 0 Å². The van der Waals surface area contributed by atoms with E-state index in [-0.39, 0.29) is 13.3 Å². The highest BCUT2D eigenvalue weighted by atomic mass is 19.3. The molecule has 0 bridgehead atoms. The molecule has 18 heavy (non-hydrogen) atoms. The van der Waals surface area contributed by atoms with Gasteiger partial charge >= 0.3 is 0 Å². The van der Waals surface area contributed by atoms with E-state index in [1.54, 1.807) is 6.92 Å². The molecule has 0 fully saturated rings. The third-order valence-electron chi connectivity index (χ3n) is 0.271. The van der Waals surface area contributed by atoms with Crippen LogP contribution in [0.25, 0.3) is 0 Å². The lowest BCUT2D eigenvalue weighted by Crippen LogP contribution is -1.63. The third kappa shape index (κ3) is 569. The molecule has 0 aromatic carbocycles. The highest BCUT2D eigenvalue weighted by Crippen LogP contribution is 1.69. The molecule has 0 saturated heterocycles. The van der Waals surface area contributed by atoms with E-state index in [4.69, 9.17) is 0 Å². The van der Waals surface area contributed by atoms with E-state index in [9.17, 15) is 35.4 Å². The minimum Gasteiger partial charge on any atom is -0.251 e. The van der Waals surface area contributed by atoms with Gasteiger partial charge in [0.1, 0.15) is 0 Å². The Morgan fingerprint density at radius 3 is 0.833 bits per heavy atom. The molecular weight excluding hydrogens is 280 g/mol. The van der Waals surface area contributed by atoms with E-state index in [0.717, 1.165) is 0 Å². The van der Waals surface area contributed by atoms with E-state index in [0.29, 0.717) is 6.42 Å². The van der Waals surface area contributed by atoms with Gasteiger partial charge in [0.15, 0.2) is 0 Å². The molecule has 0 atom stereocenters. The van der Waals surface area contributed by atoms with Gasteiger partial charge in [0.2, 0.25) is 20.6 Å². The second-order valence-electron chi connectivity index (χ2n) is 1.49. The topological polar surface area (TPSA) is 18.5 Å². The fraction of sp³-hybridized carbons (Fsp3) is 1.00. The zero-order valence-corrected chi connectivity index (χ0v) is 10.1. The Bertz CT molecular complexity index is 55.5. The average Bonchev–Trinajstić information content (AvgIpc) is 2.40. The quantitative estimate of drug-likeness (QED) is 0.693. The van der Waals surface area contributed by atoms with Crippen molar-refractivity contribution >= 4 is 0 Å². The lowest BCUT2D eigenvalue weighted by Gasteiger charge is -1.64. The van der Waals surface area contributed by atoms with Gasteiger partial charge in [-0.1, -0.05) is 6.92 Å². The summed E-state index contributed by atoms with van der Waals surface area (Å²) in [5, 5.41) is 0. The van der Waals surface area contributed by atoms with Crippen LogP contribution in [-0.2, 0) is 9.88 Å². The van der Waals surface area contributed by atoms with Crippen LogP contribution < -0.4 is 0 Å². The molecule has 0 heterocycles. The summed E-state index contributed by atoms with van der Waals surface area (Å²) in [7, 11) is 0. The van der Waals surface area contributed by atoms with Gasteiger partial charge in [-0.25, -0.2) is 17.6 Å². The van der Waals surface area contributed by atoms with Gasteiger partial charge in [0.25, 0.3) is 0 Å². The van der Waals surface area contributed by atoms with E-state index in [1.807, 2.05) is 0 Å². The SMILES string of the molecule is CCCF.CCF.FCF.FCOF.FCOF. The summed E-state index contributed by atoms with van der Waals surface area (Å²) in [4.78, 5) is 4.75. The normalized spacial score (nSPS) is 7.00. The van der Waals surface area contributed by atoms with Crippen molar-refractivity contribution in [2.24, 2.45) is 0 Å². The molecule has 0 aliphatic rings. The molecule has 0 aliphatic carbocycles. The second-order valence-corrected chi connectivity index (χ2v) is 1.49. The Labute approximate surface area is 101 Å². The van der Waals surface area contributed by atoms with Gasteiger partial charge in [-0.15, -0.1) is 0 Å². The van der Waals surface area contributed by atoms with E-state index >= 15 is 0 Å². The van der Waals surface area contributed by atoms with Gasteiger partial charge < -0.3 is 0 Å². The summed E-state index contributed by atoms with van der Waals surface area (Å²) in [5.74, 6) is 0. The molecule has 0 radical (unpaired) electrons. The van der Waals surface area contributed by atoms with Gasteiger partial charge in [0.05, 0.1) is 13.3 Å². The number of alkyl halides is 6.